The molecule has 0 saturated carbocycles. The average Bonchev–Trinajstić information content (AvgIpc) is 2.18. The maximum absolute atomic E-state index is 8.66. The molecule has 2 N–H and O–H groups in total. The standard InChI is InChI=1S/C10H13Cl2NO/c1-7(13-4-5-14)9-6-8(11)2-3-10(9)12/h2-3,6-7,13-14H,4-5H2,1H3/t7-/m0/s1. The first kappa shape index (κ1) is 11.8. The van der Waals surface area contributed by atoms with Gasteiger partial charge < -0.3 is 10.4 Å². The maximum atomic E-state index is 8.66. The van der Waals surface area contributed by atoms with Gasteiger partial charge in [0.05, 0.1) is 6.61 Å². The summed E-state index contributed by atoms with van der Waals surface area (Å²) in [7, 11) is 0. The minimum atomic E-state index is 0.0911. The number of benzene rings is 1. The molecule has 14 heavy (non-hydrogen) atoms. The smallest absolute Gasteiger partial charge is 0.0556 e. The van der Waals surface area contributed by atoms with Crippen LogP contribution in [0.1, 0.15) is 18.5 Å². The molecule has 0 amide bonds. The minimum absolute atomic E-state index is 0.0911. The number of rotatable bonds is 4. The van der Waals surface area contributed by atoms with Crippen LogP contribution in [-0.2, 0) is 0 Å². The largest absolute Gasteiger partial charge is 0.395 e. The van der Waals surface area contributed by atoms with Gasteiger partial charge in [-0.3, -0.25) is 0 Å². The van der Waals surface area contributed by atoms with E-state index in [1.807, 2.05) is 13.0 Å². The van der Waals surface area contributed by atoms with Gasteiger partial charge in [0.25, 0.3) is 0 Å². The van der Waals surface area contributed by atoms with Crippen molar-refractivity contribution in [1.29, 1.82) is 0 Å². The van der Waals surface area contributed by atoms with Crippen molar-refractivity contribution in [2.45, 2.75) is 13.0 Å². The lowest BCUT2D eigenvalue weighted by molar-refractivity contribution is 0.286. The van der Waals surface area contributed by atoms with Crippen LogP contribution in [0.25, 0.3) is 0 Å². The van der Waals surface area contributed by atoms with E-state index in [9.17, 15) is 0 Å². The van der Waals surface area contributed by atoms with Crippen molar-refractivity contribution in [2.75, 3.05) is 13.2 Å². The fraction of sp³-hybridized carbons (Fsp3) is 0.400. The molecule has 1 atom stereocenters. The number of aliphatic hydroxyl groups is 1. The fourth-order valence-corrected chi connectivity index (χ4v) is 1.70. The van der Waals surface area contributed by atoms with Crippen LogP contribution in [0.4, 0.5) is 0 Å². The molecular formula is C10H13Cl2NO. The fourth-order valence-electron chi connectivity index (χ4n) is 1.24. The molecule has 0 aliphatic carbocycles. The summed E-state index contributed by atoms with van der Waals surface area (Å²) in [6, 6.07) is 5.45. The third kappa shape index (κ3) is 3.14. The SMILES string of the molecule is C[C@H](NCCO)c1cc(Cl)ccc1Cl. The lowest BCUT2D eigenvalue weighted by Crippen LogP contribution is -2.22. The molecule has 0 radical (unpaired) electrons. The van der Waals surface area contributed by atoms with Gasteiger partial charge in [-0.2, -0.15) is 0 Å². The summed E-state index contributed by atoms with van der Waals surface area (Å²) in [6.45, 7) is 2.64. The van der Waals surface area contributed by atoms with Gasteiger partial charge in [0.2, 0.25) is 0 Å². The van der Waals surface area contributed by atoms with Gasteiger partial charge in [0.15, 0.2) is 0 Å². The molecule has 78 valence electrons. The Morgan fingerprint density at radius 3 is 2.79 bits per heavy atom. The zero-order valence-electron chi connectivity index (χ0n) is 7.93. The number of hydrogen-bond acceptors (Lipinski definition) is 2. The predicted octanol–water partition coefficient (Wildman–Crippen LogP) is 2.64. The van der Waals surface area contributed by atoms with E-state index in [1.165, 1.54) is 0 Å². The van der Waals surface area contributed by atoms with Crippen molar-refractivity contribution < 1.29 is 5.11 Å². The van der Waals surface area contributed by atoms with E-state index >= 15 is 0 Å². The molecule has 4 heteroatoms. The van der Waals surface area contributed by atoms with Crippen LogP contribution in [0, 0.1) is 0 Å². The van der Waals surface area contributed by atoms with Crippen LogP contribution in [0.15, 0.2) is 18.2 Å². The second-order valence-corrected chi connectivity index (χ2v) is 3.91. The minimum Gasteiger partial charge on any atom is -0.395 e. The van der Waals surface area contributed by atoms with Crippen LogP contribution in [0.3, 0.4) is 0 Å². The molecule has 0 heterocycles. The highest BCUT2D eigenvalue weighted by Gasteiger charge is 2.08. The average molecular weight is 234 g/mol. The molecule has 1 aromatic rings. The molecule has 2 nitrogen and oxygen atoms in total. The highest BCUT2D eigenvalue weighted by Crippen LogP contribution is 2.25. The second-order valence-electron chi connectivity index (χ2n) is 3.07. The maximum Gasteiger partial charge on any atom is 0.0556 e. The van der Waals surface area contributed by atoms with E-state index in [0.29, 0.717) is 16.6 Å². The second kappa shape index (κ2) is 5.56. The zero-order chi connectivity index (χ0) is 10.6. The molecule has 0 aromatic heterocycles. The molecule has 0 unspecified atom stereocenters. The number of halogens is 2. The van der Waals surface area contributed by atoms with Gasteiger partial charge >= 0.3 is 0 Å². The van der Waals surface area contributed by atoms with Crippen molar-refractivity contribution in [3.05, 3.63) is 33.8 Å². The molecule has 0 fully saturated rings. The van der Waals surface area contributed by atoms with E-state index in [0.717, 1.165) is 5.56 Å². The van der Waals surface area contributed by atoms with E-state index in [-0.39, 0.29) is 12.6 Å². The summed E-state index contributed by atoms with van der Waals surface area (Å²) in [5, 5.41) is 13.1. The van der Waals surface area contributed by atoms with Gasteiger partial charge in [-0.15, -0.1) is 0 Å². The summed E-state index contributed by atoms with van der Waals surface area (Å²) < 4.78 is 0. The Balaban J connectivity index is 2.77. The monoisotopic (exact) mass is 233 g/mol. The Labute approximate surface area is 93.8 Å². The predicted molar refractivity (Wildman–Crippen MR) is 60.0 cm³/mol. The number of nitrogens with one attached hydrogen (secondary N) is 1. The lowest BCUT2D eigenvalue weighted by atomic mass is 10.1. The third-order valence-electron chi connectivity index (χ3n) is 1.99. The molecule has 0 aliphatic heterocycles. The van der Waals surface area contributed by atoms with Crippen LogP contribution in [0.5, 0.6) is 0 Å². The summed E-state index contributed by atoms with van der Waals surface area (Å²) >= 11 is 11.9. The van der Waals surface area contributed by atoms with Gasteiger partial charge in [-0.25, -0.2) is 0 Å². The van der Waals surface area contributed by atoms with Gasteiger partial charge in [0.1, 0.15) is 0 Å². The Kier molecular flexibility index (Phi) is 4.69. The normalized spacial score (nSPS) is 12.9. The highest BCUT2D eigenvalue weighted by atomic mass is 35.5. The summed E-state index contributed by atoms with van der Waals surface area (Å²) in [5.41, 5.74) is 0.951. The molecule has 1 aromatic carbocycles. The lowest BCUT2D eigenvalue weighted by Gasteiger charge is -2.15. The summed E-state index contributed by atoms with van der Waals surface area (Å²) in [5.74, 6) is 0. The Bertz CT molecular complexity index is 304. The first-order valence-corrected chi connectivity index (χ1v) is 5.20. The Morgan fingerprint density at radius 1 is 1.43 bits per heavy atom. The third-order valence-corrected chi connectivity index (χ3v) is 2.57. The van der Waals surface area contributed by atoms with E-state index in [2.05, 4.69) is 5.32 Å². The van der Waals surface area contributed by atoms with Crippen molar-refractivity contribution in [1.82, 2.24) is 5.32 Å². The molecule has 0 bridgehead atoms. The summed E-state index contributed by atoms with van der Waals surface area (Å²) in [4.78, 5) is 0. The molecule has 0 saturated heterocycles. The molecule has 1 rings (SSSR count). The van der Waals surface area contributed by atoms with E-state index < -0.39 is 0 Å². The van der Waals surface area contributed by atoms with Gasteiger partial charge in [0, 0.05) is 22.6 Å². The van der Waals surface area contributed by atoms with Crippen molar-refractivity contribution in [3.8, 4) is 0 Å². The topological polar surface area (TPSA) is 32.3 Å². The Hall–Kier alpha value is -0.280. The first-order chi connectivity index (χ1) is 6.65. The molecule has 0 spiro atoms. The number of hydrogen-bond donors (Lipinski definition) is 2. The molecular weight excluding hydrogens is 221 g/mol. The van der Waals surface area contributed by atoms with Gasteiger partial charge in [-0.1, -0.05) is 23.2 Å². The van der Waals surface area contributed by atoms with Crippen molar-refractivity contribution in [2.24, 2.45) is 0 Å². The van der Waals surface area contributed by atoms with Crippen LogP contribution in [0.2, 0.25) is 10.0 Å². The molecule has 0 aliphatic rings. The van der Waals surface area contributed by atoms with Crippen LogP contribution >= 0.6 is 23.2 Å². The van der Waals surface area contributed by atoms with Crippen molar-refractivity contribution in [3.63, 3.8) is 0 Å². The highest BCUT2D eigenvalue weighted by molar-refractivity contribution is 6.33. The Morgan fingerprint density at radius 2 is 2.14 bits per heavy atom. The van der Waals surface area contributed by atoms with E-state index in [1.54, 1.807) is 12.1 Å². The van der Waals surface area contributed by atoms with Crippen LogP contribution in [-0.4, -0.2) is 18.3 Å². The summed E-state index contributed by atoms with van der Waals surface area (Å²) in [6.07, 6.45) is 0. The van der Waals surface area contributed by atoms with E-state index in [4.69, 9.17) is 28.3 Å². The van der Waals surface area contributed by atoms with Gasteiger partial charge in [-0.05, 0) is 30.7 Å². The van der Waals surface area contributed by atoms with Crippen molar-refractivity contribution >= 4 is 23.2 Å². The zero-order valence-corrected chi connectivity index (χ0v) is 9.44. The van der Waals surface area contributed by atoms with Crippen LogP contribution < -0.4 is 5.32 Å². The number of aliphatic hydroxyl groups excluding tert-OH is 1. The first-order valence-electron chi connectivity index (χ1n) is 4.44. The quantitative estimate of drug-likeness (QED) is 0.839.